The molecule has 1 saturated carbocycles. The zero-order valence-corrected chi connectivity index (χ0v) is 19.6. The van der Waals surface area contributed by atoms with Crippen molar-refractivity contribution in [1.29, 1.82) is 0 Å². The van der Waals surface area contributed by atoms with Gasteiger partial charge in [0.15, 0.2) is 0 Å². The minimum absolute atomic E-state index is 0.0786. The highest BCUT2D eigenvalue weighted by Crippen LogP contribution is 2.27. The van der Waals surface area contributed by atoms with Gasteiger partial charge < -0.3 is 15.5 Å². The van der Waals surface area contributed by atoms with E-state index in [-0.39, 0.29) is 59.0 Å². The van der Waals surface area contributed by atoms with E-state index in [0.717, 1.165) is 25.7 Å². The van der Waals surface area contributed by atoms with Crippen LogP contribution in [0.2, 0.25) is 10.0 Å². The Morgan fingerprint density at radius 3 is 2.32 bits per heavy atom. The average Bonchev–Trinajstić information content (AvgIpc) is 2.76. The Kier molecular flexibility index (Phi) is 8.43. The summed E-state index contributed by atoms with van der Waals surface area (Å²) in [6.45, 7) is 1.24. The number of piperazine rings is 1. The fraction of sp³-hybridized carbons (Fsp3) is 0.600. The Balaban J connectivity index is 1.42. The fourth-order valence-electron chi connectivity index (χ4n) is 3.89. The maximum absolute atomic E-state index is 12.8. The molecule has 0 radical (unpaired) electrons. The summed E-state index contributed by atoms with van der Waals surface area (Å²) in [5.41, 5.74) is 0. The number of halogens is 2. The largest absolute Gasteiger partial charge is 0.340 e. The molecule has 1 heterocycles. The maximum Gasteiger partial charge on any atom is 0.315 e. The van der Waals surface area contributed by atoms with E-state index in [4.69, 9.17) is 23.2 Å². The Labute approximate surface area is 193 Å². The van der Waals surface area contributed by atoms with Crippen LogP contribution in [0.1, 0.15) is 38.5 Å². The fourth-order valence-corrected chi connectivity index (χ4v) is 5.70. The lowest BCUT2D eigenvalue weighted by atomic mass is 9.96. The molecule has 2 fully saturated rings. The number of nitrogens with one attached hydrogen (secondary N) is 2. The Hall–Kier alpha value is -1.55. The molecule has 2 N–H and O–H groups in total. The number of hydrogen-bond acceptors (Lipinski definition) is 4. The number of urea groups is 1. The Bertz CT molecular complexity index is 898. The second-order valence-electron chi connectivity index (χ2n) is 7.85. The van der Waals surface area contributed by atoms with Gasteiger partial charge in [-0.1, -0.05) is 42.5 Å². The van der Waals surface area contributed by atoms with Gasteiger partial charge in [-0.15, -0.1) is 0 Å². The van der Waals surface area contributed by atoms with E-state index < -0.39 is 10.0 Å². The number of amides is 3. The third-order valence-corrected chi connectivity index (χ3v) is 8.32. The van der Waals surface area contributed by atoms with Crippen LogP contribution in [0.5, 0.6) is 0 Å². The van der Waals surface area contributed by atoms with Crippen LogP contribution in [-0.4, -0.2) is 68.3 Å². The number of hydrogen-bond donors (Lipinski definition) is 2. The lowest BCUT2D eigenvalue weighted by Gasteiger charge is -2.34. The highest BCUT2D eigenvalue weighted by atomic mass is 35.5. The molecule has 3 amide bonds. The number of rotatable bonds is 6. The van der Waals surface area contributed by atoms with E-state index in [1.54, 1.807) is 4.90 Å². The van der Waals surface area contributed by atoms with Gasteiger partial charge >= 0.3 is 6.03 Å². The summed E-state index contributed by atoms with van der Waals surface area (Å²) in [5, 5.41) is 6.16. The third-order valence-electron chi connectivity index (χ3n) is 5.68. The van der Waals surface area contributed by atoms with Crippen LogP contribution < -0.4 is 10.6 Å². The molecular weight excluding hydrogens is 463 g/mol. The predicted octanol–water partition coefficient (Wildman–Crippen LogP) is 2.85. The van der Waals surface area contributed by atoms with Crippen LogP contribution in [0.4, 0.5) is 4.79 Å². The molecule has 0 aromatic heterocycles. The number of carbonyl (C=O) groups is 2. The molecule has 0 atom stereocenters. The second kappa shape index (κ2) is 10.8. The monoisotopic (exact) mass is 490 g/mol. The summed E-state index contributed by atoms with van der Waals surface area (Å²) in [7, 11) is -3.71. The molecule has 0 spiro atoms. The van der Waals surface area contributed by atoms with Gasteiger partial charge in [0, 0.05) is 45.2 Å². The summed E-state index contributed by atoms with van der Waals surface area (Å²) in [4.78, 5) is 26.1. The van der Waals surface area contributed by atoms with Crippen molar-refractivity contribution in [1.82, 2.24) is 19.8 Å². The van der Waals surface area contributed by atoms with E-state index in [1.807, 2.05) is 0 Å². The molecule has 31 heavy (non-hydrogen) atoms. The second-order valence-corrected chi connectivity index (χ2v) is 10.6. The SMILES string of the molecule is O=C(NCCC(=O)N1CCN(S(=O)(=O)c2ccc(Cl)c(Cl)c2)CC1)NC1CCCCC1. The molecule has 1 aromatic rings. The standard InChI is InChI=1S/C20H28Cl2N4O4S/c21-17-7-6-16(14-18(17)22)31(29,30)26-12-10-25(11-13-26)19(27)8-9-23-20(28)24-15-4-2-1-3-5-15/h6-7,14-15H,1-5,8-13H2,(H2,23,24,28). The van der Waals surface area contributed by atoms with Crippen LogP contribution in [0, 0.1) is 0 Å². The van der Waals surface area contributed by atoms with Crippen molar-refractivity contribution in [3.8, 4) is 0 Å². The highest BCUT2D eigenvalue weighted by Gasteiger charge is 2.30. The summed E-state index contributed by atoms with van der Waals surface area (Å²) in [5.74, 6) is -0.107. The molecular formula is C20H28Cl2N4O4S. The third kappa shape index (κ3) is 6.47. The zero-order valence-electron chi connectivity index (χ0n) is 17.3. The van der Waals surface area contributed by atoms with Crippen molar-refractivity contribution < 1.29 is 18.0 Å². The first-order valence-corrected chi connectivity index (χ1v) is 12.7. The summed E-state index contributed by atoms with van der Waals surface area (Å²) < 4.78 is 26.9. The van der Waals surface area contributed by atoms with Gasteiger partial charge in [-0.25, -0.2) is 13.2 Å². The average molecular weight is 491 g/mol. The summed E-state index contributed by atoms with van der Waals surface area (Å²) >= 11 is 11.8. The molecule has 3 rings (SSSR count). The molecule has 8 nitrogen and oxygen atoms in total. The topological polar surface area (TPSA) is 98.8 Å². The lowest BCUT2D eigenvalue weighted by Crippen LogP contribution is -2.51. The molecule has 11 heteroatoms. The first kappa shape index (κ1) is 24.1. The molecule has 1 aliphatic heterocycles. The van der Waals surface area contributed by atoms with Crippen LogP contribution >= 0.6 is 23.2 Å². The minimum Gasteiger partial charge on any atom is -0.340 e. The normalized spacial score (nSPS) is 18.6. The van der Waals surface area contributed by atoms with Gasteiger partial charge in [-0.05, 0) is 31.0 Å². The van der Waals surface area contributed by atoms with Crippen LogP contribution in [0.25, 0.3) is 0 Å². The van der Waals surface area contributed by atoms with E-state index in [0.29, 0.717) is 13.1 Å². The van der Waals surface area contributed by atoms with Crippen molar-refractivity contribution in [3.05, 3.63) is 28.2 Å². The molecule has 172 valence electrons. The van der Waals surface area contributed by atoms with E-state index >= 15 is 0 Å². The first-order valence-electron chi connectivity index (χ1n) is 10.5. The smallest absolute Gasteiger partial charge is 0.315 e. The van der Waals surface area contributed by atoms with Crippen LogP contribution in [0.15, 0.2) is 23.1 Å². The highest BCUT2D eigenvalue weighted by molar-refractivity contribution is 7.89. The van der Waals surface area contributed by atoms with Gasteiger partial charge in [0.1, 0.15) is 0 Å². The number of benzene rings is 1. The van der Waals surface area contributed by atoms with Crippen molar-refractivity contribution in [2.24, 2.45) is 0 Å². The van der Waals surface area contributed by atoms with Crippen molar-refractivity contribution >= 4 is 45.2 Å². The van der Waals surface area contributed by atoms with E-state index in [1.165, 1.54) is 28.9 Å². The summed E-state index contributed by atoms with van der Waals surface area (Å²) in [6, 6.07) is 4.19. The lowest BCUT2D eigenvalue weighted by molar-refractivity contribution is -0.132. The van der Waals surface area contributed by atoms with Gasteiger partial charge in [0.25, 0.3) is 0 Å². The van der Waals surface area contributed by atoms with Gasteiger partial charge in [0.05, 0.1) is 14.9 Å². The van der Waals surface area contributed by atoms with Crippen LogP contribution in [0.3, 0.4) is 0 Å². The molecule has 1 aliphatic carbocycles. The quantitative estimate of drug-likeness (QED) is 0.640. The van der Waals surface area contributed by atoms with Crippen molar-refractivity contribution in [3.63, 3.8) is 0 Å². The predicted molar refractivity (Wildman–Crippen MR) is 120 cm³/mol. The number of sulfonamides is 1. The molecule has 2 aliphatic rings. The van der Waals surface area contributed by atoms with E-state index in [2.05, 4.69) is 10.6 Å². The van der Waals surface area contributed by atoms with Crippen LogP contribution in [-0.2, 0) is 14.8 Å². The maximum atomic E-state index is 12.8. The molecule has 1 aromatic carbocycles. The first-order chi connectivity index (χ1) is 14.8. The molecule has 0 unspecified atom stereocenters. The number of nitrogens with zero attached hydrogens (tertiary/aromatic N) is 2. The van der Waals surface area contributed by atoms with Gasteiger partial charge in [-0.2, -0.15) is 4.31 Å². The van der Waals surface area contributed by atoms with Crippen molar-refractivity contribution in [2.75, 3.05) is 32.7 Å². The van der Waals surface area contributed by atoms with Crippen molar-refractivity contribution in [2.45, 2.75) is 49.5 Å². The van der Waals surface area contributed by atoms with E-state index in [9.17, 15) is 18.0 Å². The molecule has 0 bridgehead atoms. The molecule has 1 saturated heterocycles. The zero-order chi connectivity index (χ0) is 22.4. The Morgan fingerprint density at radius 2 is 1.68 bits per heavy atom. The summed E-state index contributed by atoms with van der Waals surface area (Å²) in [6.07, 6.45) is 5.67. The Morgan fingerprint density at radius 1 is 1.00 bits per heavy atom. The van der Waals surface area contributed by atoms with Gasteiger partial charge in [0.2, 0.25) is 15.9 Å². The minimum atomic E-state index is -3.71. The van der Waals surface area contributed by atoms with Gasteiger partial charge in [-0.3, -0.25) is 4.79 Å². The number of carbonyl (C=O) groups excluding carboxylic acids is 2.